The Hall–Kier alpha value is -2.33. The van der Waals surface area contributed by atoms with Crippen LogP contribution in [0, 0.1) is 32.6 Å². The van der Waals surface area contributed by atoms with E-state index in [1.807, 2.05) is 18.9 Å². The molecule has 1 aliphatic heterocycles. The van der Waals surface area contributed by atoms with Crippen LogP contribution >= 0.6 is 0 Å². The molecule has 1 amide bonds. The molecule has 0 radical (unpaired) electrons. The summed E-state index contributed by atoms with van der Waals surface area (Å²) >= 11 is 0. The quantitative estimate of drug-likeness (QED) is 0.789. The van der Waals surface area contributed by atoms with Crippen molar-refractivity contribution in [3.8, 4) is 5.75 Å². The second kappa shape index (κ2) is 8.78. The maximum atomic E-state index is 12.7. The van der Waals surface area contributed by atoms with Crippen molar-refractivity contribution in [2.75, 3.05) is 20.1 Å². The fourth-order valence-electron chi connectivity index (χ4n) is 3.88. The minimum atomic E-state index is 0.0744. The summed E-state index contributed by atoms with van der Waals surface area (Å²) in [6.45, 7) is 11.4. The molecule has 1 aliphatic rings. The monoisotopic (exact) mass is 380 g/mol. The van der Waals surface area contributed by atoms with Crippen LogP contribution in [0.5, 0.6) is 5.75 Å². The number of ether oxygens (including phenoxy) is 1. The first-order valence-electron chi connectivity index (χ1n) is 10.1. The van der Waals surface area contributed by atoms with Gasteiger partial charge in [-0.2, -0.15) is 0 Å². The van der Waals surface area contributed by atoms with Gasteiger partial charge in [0.15, 0.2) is 0 Å². The fraction of sp³-hybridized carbons (Fsp3) is 0.458. The number of aryl methyl sites for hydroxylation is 3. The molecule has 1 atom stereocenters. The number of hydrogen-bond donors (Lipinski definition) is 1. The van der Waals surface area contributed by atoms with E-state index in [0.29, 0.717) is 19.1 Å². The molecule has 0 aromatic heterocycles. The average molecular weight is 381 g/mol. The Bertz CT molecular complexity index is 819. The number of nitrogens with zero attached hydrogens (tertiary/aromatic N) is 1. The molecule has 0 saturated carbocycles. The predicted octanol–water partition coefficient (Wildman–Crippen LogP) is 4.00. The van der Waals surface area contributed by atoms with Crippen molar-refractivity contribution in [2.24, 2.45) is 11.8 Å². The topological polar surface area (TPSA) is 41.6 Å². The van der Waals surface area contributed by atoms with Crippen molar-refractivity contribution in [1.29, 1.82) is 0 Å². The van der Waals surface area contributed by atoms with Gasteiger partial charge in [-0.25, -0.2) is 0 Å². The number of carbonyl (C=O) groups excluding carboxylic acids is 1. The van der Waals surface area contributed by atoms with Gasteiger partial charge in [0.2, 0.25) is 5.91 Å². The molecule has 1 N–H and O–H groups in total. The maximum absolute atomic E-state index is 12.7. The van der Waals surface area contributed by atoms with E-state index < -0.39 is 0 Å². The van der Waals surface area contributed by atoms with Gasteiger partial charge in [-0.1, -0.05) is 48.9 Å². The lowest BCUT2D eigenvalue weighted by Crippen LogP contribution is -2.49. The van der Waals surface area contributed by atoms with Crippen LogP contribution in [0.3, 0.4) is 0 Å². The number of hydrogen-bond acceptors (Lipinski definition) is 3. The number of rotatable bonds is 7. The van der Waals surface area contributed by atoms with Gasteiger partial charge in [0.05, 0.1) is 0 Å². The van der Waals surface area contributed by atoms with Gasteiger partial charge < -0.3 is 15.0 Å². The van der Waals surface area contributed by atoms with Gasteiger partial charge in [-0.05, 0) is 62.0 Å². The maximum Gasteiger partial charge on any atom is 0.225 e. The molecule has 28 heavy (non-hydrogen) atoms. The van der Waals surface area contributed by atoms with E-state index in [9.17, 15) is 4.79 Å². The molecule has 2 aromatic rings. The molecule has 0 aliphatic carbocycles. The van der Waals surface area contributed by atoms with E-state index in [2.05, 4.69) is 62.5 Å². The van der Waals surface area contributed by atoms with Gasteiger partial charge >= 0.3 is 0 Å². The Morgan fingerprint density at radius 2 is 1.82 bits per heavy atom. The zero-order valence-corrected chi connectivity index (χ0v) is 17.7. The molecule has 150 valence electrons. The first-order valence-corrected chi connectivity index (χ1v) is 10.1. The minimum absolute atomic E-state index is 0.0744. The second-order valence-electron chi connectivity index (χ2n) is 8.24. The highest BCUT2D eigenvalue weighted by Crippen LogP contribution is 2.27. The lowest BCUT2D eigenvalue weighted by atomic mass is 9.88. The minimum Gasteiger partial charge on any atom is -0.488 e. The van der Waals surface area contributed by atoms with Gasteiger partial charge in [0.25, 0.3) is 0 Å². The van der Waals surface area contributed by atoms with Crippen LogP contribution in [0.2, 0.25) is 0 Å². The fourth-order valence-corrected chi connectivity index (χ4v) is 3.88. The van der Waals surface area contributed by atoms with Crippen molar-refractivity contribution >= 4 is 5.91 Å². The van der Waals surface area contributed by atoms with E-state index in [0.717, 1.165) is 35.5 Å². The smallest absolute Gasteiger partial charge is 0.225 e. The molecule has 1 saturated heterocycles. The highest BCUT2D eigenvalue weighted by Gasteiger charge is 2.30. The van der Waals surface area contributed by atoms with Crippen molar-refractivity contribution in [1.82, 2.24) is 10.2 Å². The average Bonchev–Trinajstić information content (AvgIpc) is 2.58. The molecule has 1 unspecified atom stereocenters. The number of amides is 1. The van der Waals surface area contributed by atoms with E-state index >= 15 is 0 Å². The Morgan fingerprint density at radius 3 is 2.39 bits per heavy atom. The second-order valence-corrected chi connectivity index (χ2v) is 8.24. The van der Waals surface area contributed by atoms with E-state index in [1.54, 1.807) is 0 Å². The summed E-state index contributed by atoms with van der Waals surface area (Å²) in [5.74, 6) is 1.70. The summed E-state index contributed by atoms with van der Waals surface area (Å²) in [5.41, 5.74) is 5.78. The third-order valence-corrected chi connectivity index (χ3v) is 5.69. The van der Waals surface area contributed by atoms with Gasteiger partial charge in [-0.3, -0.25) is 4.79 Å². The summed E-state index contributed by atoms with van der Waals surface area (Å²) in [4.78, 5) is 14.5. The Labute approximate surface area is 168 Å². The van der Waals surface area contributed by atoms with E-state index in [-0.39, 0.29) is 11.8 Å². The molecule has 0 bridgehead atoms. The molecular formula is C24H32N2O2. The zero-order chi connectivity index (χ0) is 20.3. The molecule has 2 aromatic carbocycles. The van der Waals surface area contributed by atoms with Crippen molar-refractivity contribution in [2.45, 2.75) is 40.8 Å². The van der Waals surface area contributed by atoms with Crippen LogP contribution in [0.25, 0.3) is 0 Å². The van der Waals surface area contributed by atoms with Crippen LogP contribution < -0.4 is 10.1 Å². The van der Waals surface area contributed by atoms with E-state index in [4.69, 9.17) is 4.74 Å². The molecule has 1 fully saturated rings. The van der Waals surface area contributed by atoms with Crippen molar-refractivity contribution in [3.63, 3.8) is 0 Å². The highest BCUT2D eigenvalue weighted by molar-refractivity contribution is 5.78. The van der Waals surface area contributed by atoms with Crippen LogP contribution in [-0.4, -0.2) is 30.9 Å². The van der Waals surface area contributed by atoms with Crippen LogP contribution in [-0.2, 0) is 17.9 Å². The Balaban J connectivity index is 1.64. The lowest BCUT2D eigenvalue weighted by Gasteiger charge is -2.34. The Kier molecular flexibility index (Phi) is 6.40. The SMILES string of the molecule is Cc1cccc(COc2c(C)cc(CN(C)C(=O)C(C)C3CNC3)cc2C)c1. The van der Waals surface area contributed by atoms with E-state index in [1.165, 1.54) is 11.1 Å². The first-order chi connectivity index (χ1) is 13.3. The molecule has 0 spiro atoms. The molecule has 3 rings (SSSR count). The van der Waals surface area contributed by atoms with Crippen LogP contribution in [0.1, 0.15) is 34.7 Å². The third kappa shape index (κ3) is 4.74. The standard InChI is InChI=1S/C24H32N2O2/c1-16-7-6-8-20(9-16)15-28-23-17(2)10-21(11-18(23)3)14-26(5)24(27)19(4)22-12-25-13-22/h6-11,19,22,25H,12-15H2,1-5H3. The molecule has 4 nitrogen and oxygen atoms in total. The molecule has 1 heterocycles. The van der Waals surface area contributed by atoms with Gasteiger partial charge in [-0.15, -0.1) is 0 Å². The summed E-state index contributed by atoms with van der Waals surface area (Å²) in [6.07, 6.45) is 0. The zero-order valence-electron chi connectivity index (χ0n) is 17.7. The molecule has 4 heteroatoms. The van der Waals surface area contributed by atoms with Gasteiger partial charge in [0.1, 0.15) is 12.4 Å². The Morgan fingerprint density at radius 1 is 1.14 bits per heavy atom. The first kappa shape index (κ1) is 20.4. The lowest BCUT2D eigenvalue weighted by molar-refractivity contribution is -0.136. The summed E-state index contributed by atoms with van der Waals surface area (Å²) in [6, 6.07) is 12.7. The van der Waals surface area contributed by atoms with Crippen molar-refractivity contribution < 1.29 is 9.53 Å². The third-order valence-electron chi connectivity index (χ3n) is 5.69. The summed E-state index contributed by atoms with van der Waals surface area (Å²) in [7, 11) is 1.90. The molecular weight excluding hydrogens is 348 g/mol. The highest BCUT2D eigenvalue weighted by atomic mass is 16.5. The number of benzene rings is 2. The van der Waals surface area contributed by atoms with Gasteiger partial charge in [0, 0.05) is 19.5 Å². The number of nitrogens with one attached hydrogen (secondary N) is 1. The number of carbonyl (C=O) groups is 1. The van der Waals surface area contributed by atoms with Crippen LogP contribution in [0.4, 0.5) is 0 Å². The van der Waals surface area contributed by atoms with Crippen LogP contribution in [0.15, 0.2) is 36.4 Å². The normalized spacial score (nSPS) is 15.0. The van der Waals surface area contributed by atoms with Crippen molar-refractivity contribution in [3.05, 3.63) is 64.2 Å². The largest absolute Gasteiger partial charge is 0.488 e. The summed E-state index contributed by atoms with van der Waals surface area (Å²) < 4.78 is 6.12. The summed E-state index contributed by atoms with van der Waals surface area (Å²) in [5, 5.41) is 3.25. The predicted molar refractivity (Wildman–Crippen MR) is 113 cm³/mol.